The summed E-state index contributed by atoms with van der Waals surface area (Å²) in [5.74, 6) is 1.22. The number of rotatable bonds is 4. The van der Waals surface area contributed by atoms with Crippen LogP contribution in [0.15, 0.2) is 28.8 Å². The zero-order valence-corrected chi connectivity index (χ0v) is 14.8. The fourth-order valence-electron chi connectivity index (χ4n) is 2.74. The molecule has 0 spiro atoms. The molecule has 1 aliphatic rings. The fraction of sp³-hybridized carbons (Fsp3) is 0.389. The minimum atomic E-state index is -0.970. The zero-order valence-electron chi connectivity index (χ0n) is 14.8. The van der Waals surface area contributed by atoms with Crippen molar-refractivity contribution < 1.29 is 18.8 Å². The molecule has 0 radical (unpaired) electrons. The Bertz CT molecular complexity index is 825. The molecule has 1 aromatic heterocycles. The highest BCUT2D eigenvalue weighted by Crippen LogP contribution is 2.38. The van der Waals surface area contributed by atoms with Crippen LogP contribution in [0.1, 0.15) is 31.6 Å². The van der Waals surface area contributed by atoms with E-state index in [9.17, 15) is 9.59 Å². The lowest BCUT2D eigenvalue weighted by Crippen LogP contribution is -2.53. The Labute approximate surface area is 145 Å². The Morgan fingerprint density at radius 1 is 1.28 bits per heavy atom. The van der Waals surface area contributed by atoms with Crippen molar-refractivity contribution in [3.8, 4) is 5.75 Å². The van der Waals surface area contributed by atoms with Gasteiger partial charge in [-0.2, -0.15) is 0 Å². The maximum Gasteiger partial charge on any atom is 0.270 e. The molecule has 1 aromatic carbocycles. The first-order valence-corrected chi connectivity index (χ1v) is 8.11. The average molecular weight is 343 g/mol. The van der Waals surface area contributed by atoms with Gasteiger partial charge in [0.25, 0.3) is 5.91 Å². The molecule has 2 amide bonds. The van der Waals surface area contributed by atoms with Crippen LogP contribution >= 0.6 is 0 Å². The molecule has 0 saturated heterocycles. The highest BCUT2D eigenvalue weighted by Gasteiger charge is 2.40. The molecule has 1 aliphatic heterocycles. The third-order valence-corrected chi connectivity index (χ3v) is 3.99. The standard InChI is InChI=1S/C18H21N3O4/c1-11-5-6-14-13(9-11)21(17(23)18(3,4)24-14)8-7-16(22)19-15-10-12(2)25-20-15/h5-6,9-10H,7-8H2,1-4H3,(H,19,20,22). The van der Waals surface area contributed by atoms with Gasteiger partial charge in [0.1, 0.15) is 11.5 Å². The molecule has 0 atom stereocenters. The topological polar surface area (TPSA) is 84.7 Å². The summed E-state index contributed by atoms with van der Waals surface area (Å²) >= 11 is 0. The third kappa shape index (κ3) is 3.50. The van der Waals surface area contributed by atoms with Gasteiger partial charge in [-0.15, -0.1) is 0 Å². The van der Waals surface area contributed by atoms with Crippen LogP contribution in [0.2, 0.25) is 0 Å². The maximum atomic E-state index is 12.7. The van der Waals surface area contributed by atoms with E-state index in [2.05, 4.69) is 10.5 Å². The van der Waals surface area contributed by atoms with Crippen molar-refractivity contribution in [3.05, 3.63) is 35.6 Å². The molecule has 7 heteroatoms. The molecule has 0 fully saturated rings. The second kappa shape index (κ2) is 6.23. The van der Waals surface area contributed by atoms with Crippen molar-refractivity contribution in [3.63, 3.8) is 0 Å². The number of hydrogen-bond acceptors (Lipinski definition) is 5. The number of hydrogen-bond donors (Lipinski definition) is 1. The summed E-state index contributed by atoms with van der Waals surface area (Å²) in [5.41, 5.74) is 0.735. The lowest BCUT2D eigenvalue weighted by atomic mass is 10.0. The van der Waals surface area contributed by atoms with Gasteiger partial charge in [-0.05, 0) is 45.4 Å². The molecular formula is C18H21N3O4. The maximum absolute atomic E-state index is 12.7. The first kappa shape index (κ1) is 17.0. The van der Waals surface area contributed by atoms with Crippen molar-refractivity contribution in [1.29, 1.82) is 0 Å². The first-order valence-electron chi connectivity index (χ1n) is 8.11. The van der Waals surface area contributed by atoms with Gasteiger partial charge in [-0.3, -0.25) is 9.59 Å². The number of amides is 2. The first-order chi connectivity index (χ1) is 11.8. The Hall–Kier alpha value is -2.83. The third-order valence-electron chi connectivity index (χ3n) is 3.99. The minimum Gasteiger partial charge on any atom is -0.476 e. The van der Waals surface area contributed by atoms with Crippen LogP contribution in [0, 0.1) is 13.8 Å². The lowest BCUT2D eigenvalue weighted by molar-refractivity contribution is -0.132. The number of benzene rings is 1. The van der Waals surface area contributed by atoms with Crippen LogP contribution < -0.4 is 15.0 Å². The molecule has 0 unspecified atom stereocenters. The van der Waals surface area contributed by atoms with Crippen molar-refractivity contribution >= 4 is 23.3 Å². The van der Waals surface area contributed by atoms with Gasteiger partial charge in [0.15, 0.2) is 11.4 Å². The molecular weight excluding hydrogens is 322 g/mol. The monoisotopic (exact) mass is 343 g/mol. The van der Waals surface area contributed by atoms with E-state index < -0.39 is 5.60 Å². The highest BCUT2D eigenvalue weighted by atomic mass is 16.5. The van der Waals surface area contributed by atoms with Crippen molar-refractivity contribution in [2.75, 3.05) is 16.8 Å². The van der Waals surface area contributed by atoms with E-state index in [0.717, 1.165) is 5.56 Å². The van der Waals surface area contributed by atoms with E-state index in [-0.39, 0.29) is 24.8 Å². The normalized spacial score (nSPS) is 15.5. The van der Waals surface area contributed by atoms with E-state index in [1.807, 2.05) is 25.1 Å². The van der Waals surface area contributed by atoms with Gasteiger partial charge in [-0.1, -0.05) is 11.2 Å². The molecule has 7 nitrogen and oxygen atoms in total. The molecule has 2 heterocycles. The largest absolute Gasteiger partial charge is 0.476 e. The summed E-state index contributed by atoms with van der Waals surface area (Å²) in [7, 11) is 0. The van der Waals surface area contributed by atoms with E-state index in [4.69, 9.17) is 9.26 Å². The van der Waals surface area contributed by atoms with Gasteiger partial charge in [0.05, 0.1) is 5.69 Å². The summed E-state index contributed by atoms with van der Waals surface area (Å²) in [6.07, 6.45) is 0.140. The second-order valence-electron chi connectivity index (χ2n) is 6.66. The molecule has 132 valence electrons. The summed E-state index contributed by atoms with van der Waals surface area (Å²) in [4.78, 5) is 26.5. The van der Waals surface area contributed by atoms with Crippen LogP contribution in [0.25, 0.3) is 0 Å². The van der Waals surface area contributed by atoms with Crippen LogP contribution in [0.4, 0.5) is 11.5 Å². The molecule has 0 saturated carbocycles. The molecule has 0 aliphatic carbocycles. The van der Waals surface area contributed by atoms with Crippen molar-refractivity contribution in [2.45, 2.75) is 39.7 Å². The summed E-state index contributed by atoms with van der Waals surface area (Å²) in [6.45, 7) is 7.40. The predicted octanol–water partition coefficient (Wildman–Crippen LogP) is 2.82. The van der Waals surface area contributed by atoms with Crippen molar-refractivity contribution in [2.24, 2.45) is 0 Å². The summed E-state index contributed by atoms with van der Waals surface area (Å²) < 4.78 is 10.7. The highest BCUT2D eigenvalue weighted by molar-refractivity contribution is 6.03. The Kier molecular flexibility index (Phi) is 4.24. The Morgan fingerprint density at radius 3 is 2.72 bits per heavy atom. The van der Waals surface area contributed by atoms with Crippen LogP contribution in [-0.4, -0.2) is 29.1 Å². The Morgan fingerprint density at radius 2 is 2.04 bits per heavy atom. The van der Waals surface area contributed by atoms with Gasteiger partial charge >= 0.3 is 0 Å². The molecule has 3 rings (SSSR count). The van der Waals surface area contributed by atoms with E-state index in [1.54, 1.807) is 31.7 Å². The second-order valence-corrected chi connectivity index (χ2v) is 6.66. The van der Waals surface area contributed by atoms with Gasteiger partial charge in [0, 0.05) is 19.0 Å². The van der Waals surface area contributed by atoms with E-state index in [1.165, 1.54) is 0 Å². The zero-order chi connectivity index (χ0) is 18.2. The van der Waals surface area contributed by atoms with Crippen LogP contribution in [-0.2, 0) is 9.59 Å². The fourth-order valence-corrected chi connectivity index (χ4v) is 2.74. The molecule has 2 aromatic rings. The van der Waals surface area contributed by atoms with Crippen LogP contribution in [0.5, 0.6) is 5.75 Å². The number of ether oxygens (including phenoxy) is 1. The smallest absolute Gasteiger partial charge is 0.270 e. The lowest BCUT2D eigenvalue weighted by Gasteiger charge is -2.38. The van der Waals surface area contributed by atoms with E-state index in [0.29, 0.717) is 23.0 Å². The number of aryl methyl sites for hydroxylation is 2. The number of aromatic nitrogens is 1. The Balaban J connectivity index is 1.75. The average Bonchev–Trinajstić information content (AvgIpc) is 2.93. The van der Waals surface area contributed by atoms with Gasteiger partial charge < -0.3 is 19.5 Å². The number of nitrogens with zero attached hydrogens (tertiary/aromatic N) is 2. The number of carbonyl (C=O) groups is 2. The number of carbonyl (C=O) groups excluding carboxylic acids is 2. The van der Waals surface area contributed by atoms with Gasteiger partial charge in [-0.25, -0.2) is 0 Å². The van der Waals surface area contributed by atoms with Gasteiger partial charge in [0.2, 0.25) is 5.91 Å². The number of nitrogens with one attached hydrogen (secondary N) is 1. The molecule has 1 N–H and O–H groups in total. The summed E-state index contributed by atoms with van der Waals surface area (Å²) in [5, 5.41) is 6.39. The quantitative estimate of drug-likeness (QED) is 0.923. The summed E-state index contributed by atoms with van der Waals surface area (Å²) in [6, 6.07) is 7.31. The van der Waals surface area contributed by atoms with E-state index >= 15 is 0 Å². The molecule has 0 bridgehead atoms. The van der Waals surface area contributed by atoms with Crippen LogP contribution in [0.3, 0.4) is 0 Å². The SMILES string of the molecule is Cc1ccc2c(c1)N(CCC(=O)Nc1cc(C)on1)C(=O)C(C)(C)O2. The predicted molar refractivity (Wildman–Crippen MR) is 92.7 cm³/mol. The van der Waals surface area contributed by atoms with Crippen molar-refractivity contribution in [1.82, 2.24) is 5.16 Å². The number of anilines is 2. The molecule has 25 heavy (non-hydrogen) atoms. The minimum absolute atomic E-state index is 0.140. The number of fused-ring (bicyclic) bond motifs is 1.